The Morgan fingerprint density at radius 3 is 2.10 bits per heavy atom. The number of hydrogen-bond donors (Lipinski definition) is 2. The van der Waals surface area contributed by atoms with E-state index in [2.05, 4.69) is 21.9 Å². The number of aryl methyl sites for hydroxylation is 1. The lowest BCUT2D eigenvalue weighted by atomic mass is 9.97. The zero-order valence-corrected chi connectivity index (χ0v) is 15.8. The Labute approximate surface area is 168 Å². The third-order valence-electron chi connectivity index (χ3n) is 4.65. The van der Waals surface area contributed by atoms with Gasteiger partial charge in [0.15, 0.2) is 0 Å². The Bertz CT molecular complexity index is 1210. The van der Waals surface area contributed by atoms with E-state index in [0.29, 0.717) is 5.69 Å². The molecule has 0 heterocycles. The van der Waals surface area contributed by atoms with E-state index in [-0.39, 0.29) is 0 Å². The molecule has 4 aromatic rings. The number of hydrazone groups is 1. The van der Waals surface area contributed by atoms with E-state index in [1.807, 2.05) is 67.6 Å². The van der Waals surface area contributed by atoms with Gasteiger partial charge in [-0.3, -0.25) is 9.59 Å². The number of carbonyl (C=O) groups is 2. The summed E-state index contributed by atoms with van der Waals surface area (Å²) >= 11 is 0. The molecule has 29 heavy (non-hydrogen) atoms. The summed E-state index contributed by atoms with van der Waals surface area (Å²) < 4.78 is 0. The number of fused-ring (bicyclic) bond motifs is 2. The van der Waals surface area contributed by atoms with Crippen LogP contribution in [0, 0.1) is 6.92 Å². The Kier molecular flexibility index (Phi) is 5.03. The lowest BCUT2D eigenvalue weighted by Gasteiger charge is -2.08. The monoisotopic (exact) mass is 381 g/mol. The lowest BCUT2D eigenvalue weighted by Crippen LogP contribution is -2.32. The molecule has 5 nitrogen and oxygen atoms in total. The summed E-state index contributed by atoms with van der Waals surface area (Å²) in [6.07, 6.45) is 1.59. The fourth-order valence-corrected chi connectivity index (χ4v) is 3.30. The number of benzene rings is 4. The second-order valence-corrected chi connectivity index (χ2v) is 6.76. The van der Waals surface area contributed by atoms with Crippen LogP contribution in [-0.4, -0.2) is 18.0 Å². The van der Waals surface area contributed by atoms with E-state index in [9.17, 15) is 9.59 Å². The second-order valence-electron chi connectivity index (χ2n) is 6.76. The van der Waals surface area contributed by atoms with Gasteiger partial charge in [0, 0.05) is 11.3 Å². The zero-order chi connectivity index (χ0) is 20.2. The number of nitrogens with zero attached hydrogens (tertiary/aromatic N) is 1. The van der Waals surface area contributed by atoms with E-state index in [1.165, 1.54) is 0 Å². The highest BCUT2D eigenvalue weighted by molar-refractivity contribution is 6.39. The molecular weight excluding hydrogens is 362 g/mol. The molecule has 0 saturated heterocycles. The van der Waals surface area contributed by atoms with Crippen molar-refractivity contribution >= 4 is 45.3 Å². The van der Waals surface area contributed by atoms with Crippen molar-refractivity contribution in [2.75, 3.05) is 5.32 Å². The number of rotatable bonds is 3. The van der Waals surface area contributed by atoms with Crippen LogP contribution in [0.4, 0.5) is 5.69 Å². The van der Waals surface area contributed by atoms with Crippen LogP contribution in [0.25, 0.3) is 21.5 Å². The van der Waals surface area contributed by atoms with Gasteiger partial charge in [0.25, 0.3) is 0 Å². The maximum atomic E-state index is 12.1. The first-order chi connectivity index (χ1) is 14.1. The average molecular weight is 381 g/mol. The van der Waals surface area contributed by atoms with Gasteiger partial charge in [-0.05, 0) is 52.2 Å². The SMILES string of the molecule is Cc1cccc(NC(=O)C(=O)N/N=C\c2c3ccccc3cc3ccccc23)c1. The van der Waals surface area contributed by atoms with Gasteiger partial charge >= 0.3 is 11.8 Å². The molecular formula is C24H19N3O2. The Morgan fingerprint density at radius 1 is 0.793 bits per heavy atom. The normalized spacial score (nSPS) is 11.1. The first-order valence-electron chi connectivity index (χ1n) is 9.23. The Morgan fingerprint density at radius 2 is 1.45 bits per heavy atom. The third kappa shape index (κ3) is 3.99. The summed E-state index contributed by atoms with van der Waals surface area (Å²) in [5.41, 5.74) is 4.75. The van der Waals surface area contributed by atoms with Gasteiger partial charge in [-0.1, -0.05) is 60.7 Å². The predicted molar refractivity (Wildman–Crippen MR) is 117 cm³/mol. The second kappa shape index (κ2) is 7.94. The summed E-state index contributed by atoms with van der Waals surface area (Å²) in [6, 6.07) is 25.3. The fraction of sp³-hybridized carbons (Fsp3) is 0.0417. The zero-order valence-electron chi connectivity index (χ0n) is 15.8. The molecule has 4 rings (SSSR count). The highest BCUT2D eigenvalue weighted by atomic mass is 16.2. The van der Waals surface area contributed by atoms with Crippen LogP contribution in [0.5, 0.6) is 0 Å². The molecule has 0 aliphatic rings. The van der Waals surface area contributed by atoms with Gasteiger partial charge in [-0.25, -0.2) is 5.43 Å². The predicted octanol–water partition coefficient (Wildman–Crippen LogP) is 4.39. The topological polar surface area (TPSA) is 70.6 Å². The standard InChI is InChI=1S/C24H19N3O2/c1-16-7-6-10-19(13-16)26-23(28)24(29)27-25-15-22-20-11-4-2-8-17(20)14-18-9-3-5-12-21(18)22/h2-15H,1H3,(H,26,28)(H,27,29)/b25-15-. The molecule has 2 N–H and O–H groups in total. The number of amides is 2. The van der Waals surface area contributed by atoms with E-state index in [4.69, 9.17) is 0 Å². The first kappa shape index (κ1) is 18.4. The minimum Gasteiger partial charge on any atom is -0.318 e. The van der Waals surface area contributed by atoms with Crippen LogP contribution in [-0.2, 0) is 9.59 Å². The molecule has 2 amide bonds. The van der Waals surface area contributed by atoms with Crippen molar-refractivity contribution in [3.8, 4) is 0 Å². The number of carbonyl (C=O) groups excluding carboxylic acids is 2. The van der Waals surface area contributed by atoms with Crippen molar-refractivity contribution in [3.05, 3.63) is 90.0 Å². The summed E-state index contributed by atoms with van der Waals surface area (Å²) in [5.74, 6) is -1.59. The molecule has 0 spiro atoms. The van der Waals surface area contributed by atoms with Crippen molar-refractivity contribution in [2.24, 2.45) is 5.10 Å². The maximum absolute atomic E-state index is 12.1. The maximum Gasteiger partial charge on any atom is 0.329 e. The molecule has 0 atom stereocenters. The van der Waals surface area contributed by atoms with Gasteiger partial charge in [0.2, 0.25) is 0 Å². The van der Waals surface area contributed by atoms with Crippen molar-refractivity contribution in [1.29, 1.82) is 0 Å². The van der Waals surface area contributed by atoms with E-state index >= 15 is 0 Å². The number of nitrogens with one attached hydrogen (secondary N) is 2. The Hall–Kier alpha value is -3.99. The quantitative estimate of drug-likeness (QED) is 0.239. The Balaban J connectivity index is 1.56. The molecule has 0 aliphatic heterocycles. The van der Waals surface area contributed by atoms with Gasteiger partial charge in [0.1, 0.15) is 0 Å². The van der Waals surface area contributed by atoms with E-state index in [1.54, 1.807) is 18.3 Å². The van der Waals surface area contributed by atoms with Crippen LogP contribution >= 0.6 is 0 Å². The minimum absolute atomic E-state index is 0.564. The van der Waals surface area contributed by atoms with Crippen molar-refractivity contribution < 1.29 is 9.59 Å². The molecule has 0 fully saturated rings. The van der Waals surface area contributed by atoms with Crippen LogP contribution in [0.15, 0.2) is 84.0 Å². The van der Waals surface area contributed by atoms with Crippen molar-refractivity contribution in [2.45, 2.75) is 6.92 Å². The van der Waals surface area contributed by atoms with Crippen molar-refractivity contribution in [3.63, 3.8) is 0 Å². The van der Waals surface area contributed by atoms with Gasteiger partial charge in [-0.15, -0.1) is 0 Å². The largest absolute Gasteiger partial charge is 0.329 e. The highest BCUT2D eigenvalue weighted by Crippen LogP contribution is 2.27. The minimum atomic E-state index is -0.827. The molecule has 142 valence electrons. The molecule has 0 aromatic heterocycles. The molecule has 5 heteroatoms. The van der Waals surface area contributed by atoms with Crippen molar-refractivity contribution in [1.82, 2.24) is 5.43 Å². The van der Waals surface area contributed by atoms with Crippen LogP contribution in [0.2, 0.25) is 0 Å². The average Bonchev–Trinajstić information content (AvgIpc) is 2.73. The van der Waals surface area contributed by atoms with Gasteiger partial charge in [-0.2, -0.15) is 5.10 Å². The van der Waals surface area contributed by atoms with Gasteiger partial charge in [0.05, 0.1) is 6.21 Å². The summed E-state index contributed by atoms with van der Waals surface area (Å²) in [7, 11) is 0. The summed E-state index contributed by atoms with van der Waals surface area (Å²) in [6.45, 7) is 1.91. The molecule has 0 saturated carbocycles. The van der Waals surface area contributed by atoms with Crippen LogP contribution < -0.4 is 10.7 Å². The van der Waals surface area contributed by atoms with E-state index < -0.39 is 11.8 Å². The molecule has 4 aromatic carbocycles. The summed E-state index contributed by atoms with van der Waals surface area (Å²) in [4.78, 5) is 24.2. The highest BCUT2D eigenvalue weighted by Gasteiger charge is 2.13. The summed E-state index contributed by atoms with van der Waals surface area (Å²) in [5, 5.41) is 10.8. The van der Waals surface area contributed by atoms with E-state index in [0.717, 1.165) is 32.7 Å². The molecule has 0 bridgehead atoms. The number of anilines is 1. The fourth-order valence-electron chi connectivity index (χ4n) is 3.30. The smallest absolute Gasteiger partial charge is 0.318 e. The van der Waals surface area contributed by atoms with Crippen LogP contribution in [0.1, 0.15) is 11.1 Å². The first-order valence-corrected chi connectivity index (χ1v) is 9.23. The lowest BCUT2D eigenvalue weighted by molar-refractivity contribution is -0.136. The molecule has 0 unspecified atom stereocenters. The number of hydrogen-bond acceptors (Lipinski definition) is 3. The third-order valence-corrected chi connectivity index (χ3v) is 4.65. The molecule has 0 radical (unpaired) electrons. The molecule has 0 aliphatic carbocycles. The van der Waals surface area contributed by atoms with Gasteiger partial charge < -0.3 is 5.32 Å². The van der Waals surface area contributed by atoms with Crippen LogP contribution in [0.3, 0.4) is 0 Å².